The molecule has 0 unspecified atom stereocenters. The number of para-hydroxylation sites is 2. The summed E-state index contributed by atoms with van der Waals surface area (Å²) in [6.45, 7) is 0. The maximum Gasteiger partial charge on any atom is 0.238 e. The molecule has 0 atom stereocenters. The van der Waals surface area contributed by atoms with Crippen molar-refractivity contribution in [1.29, 1.82) is 0 Å². The van der Waals surface area contributed by atoms with Crippen molar-refractivity contribution in [2.45, 2.75) is 0 Å². The Labute approximate surface area is 322 Å². The predicted molar refractivity (Wildman–Crippen MR) is 229 cm³/mol. The van der Waals surface area contributed by atoms with Crippen molar-refractivity contribution < 1.29 is 4.42 Å². The molecule has 0 saturated heterocycles. The average molecular weight is 717 g/mol. The van der Waals surface area contributed by atoms with E-state index in [9.17, 15) is 0 Å². The zero-order chi connectivity index (χ0) is 37.0. The second kappa shape index (κ2) is 13.0. The summed E-state index contributed by atoms with van der Waals surface area (Å²) < 4.78 is 8.44. The van der Waals surface area contributed by atoms with Gasteiger partial charge in [-0.1, -0.05) is 158 Å². The Morgan fingerprint density at radius 3 is 1.70 bits per heavy atom. The fraction of sp³-hybridized carbons (Fsp3) is 0. The van der Waals surface area contributed by atoms with Crippen LogP contribution in [-0.4, -0.2) is 19.5 Å². The van der Waals surface area contributed by atoms with Gasteiger partial charge in [-0.15, -0.1) is 0 Å². The van der Waals surface area contributed by atoms with Gasteiger partial charge in [0, 0.05) is 32.7 Å². The molecule has 5 heteroatoms. The molecule has 11 aromatic rings. The summed E-state index contributed by atoms with van der Waals surface area (Å²) in [4.78, 5) is 15.6. The smallest absolute Gasteiger partial charge is 0.238 e. The second-order valence-electron chi connectivity index (χ2n) is 14.0. The number of benzene rings is 8. The van der Waals surface area contributed by atoms with Gasteiger partial charge in [-0.3, -0.25) is 4.57 Å². The first-order valence-electron chi connectivity index (χ1n) is 18.8. The van der Waals surface area contributed by atoms with Gasteiger partial charge in [0.2, 0.25) is 5.95 Å². The maximum absolute atomic E-state index is 6.26. The Kier molecular flexibility index (Phi) is 7.42. The Morgan fingerprint density at radius 1 is 0.339 bits per heavy atom. The number of hydrogen-bond donors (Lipinski definition) is 0. The molecule has 5 nitrogen and oxygen atoms in total. The highest BCUT2D eigenvalue weighted by atomic mass is 16.3. The van der Waals surface area contributed by atoms with Crippen LogP contribution in [0.25, 0.3) is 106 Å². The summed E-state index contributed by atoms with van der Waals surface area (Å²) in [5, 5.41) is 4.47. The molecule has 0 amide bonds. The van der Waals surface area contributed by atoms with E-state index in [2.05, 4.69) is 168 Å². The summed E-state index contributed by atoms with van der Waals surface area (Å²) in [5.41, 5.74) is 12.4. The number of fused-ring (bicyclic) bond motifs is 6. The van der Waals surface area contributed by atoms with E-state index in [1.807, 2.05) is 30.3 Å². The second-order valence-corrected chi connectivity index (χ2v) is 14.0. The van der Waals surface area contributed by atoms with E-state index in [1.165, 1.54) is 0 Å². The average Bonchev–Trinajstić information content (AvgIpc) is 3.83. The molecule has 0 fully saturated rings. The molecular weight excluding hydrogens is 685 g/mol. The lowest BCUT2D eigenvalue weighted by atomic mass is 9.98. The van der Waals surface area contributed by atoms with Crippen molar-refractivity contribution in [2.24, 2.45) is 0 Å². The highest BCUT2D eigenvalue weighted by Gasteiger charge is 2.20. The van der Waals surface area contributed by atoms with E-state index < -0.39 is 0 Å². The Hall–Kier alpha value is -7.63. The minimum atomic E-state index is 0.559. The van der Waals surface area contributed by atoms with Gasteiger partial charge in [0.1, 0.15) is 11.2 Å². The summed E-state index contributed by atoms with van der Waals surface area (Å²) in [7, 11) is 0. The third-order valence-corrected chi connectivity index (χ3v) is 10.7. The maximum atomic E-state index is 6.26. The van der Waals surface area contributed by atoms with Crippen LogP contribution in [0.1, 0.15) is 0 Å². The Bertz CT molecular complexity index is 3240. The van der Waals surface area contributed by atoms with Crippen LogP contribution < -0.4 is 0 Å². The molecule has 262 valence electrons. The van der Waals surface area contributed by atoms with Crippen LogP contribution in [0.15, 0.2) is 199 Å². The molecule has 0 spiro atoms. The normalized spacial score (nSPS) is 11.6. The molecule has 0 radical (unpaired) electrons. The van der Waals surface area contributed by atoms with Crippen LogP contribution >= 0.6 is 0 Å². The van der Waals surface area contributed by atoms with E-state index >= 15 is 0 Å². The fourth-order valence-corrected chi connectivity index (χ4v) is 8.00. The minimum Gasteiger partial charge on any atom is -0.456 e. The topological polar surface area (TPSA) is 56.7 Å². The number of nitrogens with zero attached hydrogens (tertiary/aromatic N) is 4. The first-order valence-corrected chi connectivity index (χ1v) is 18.8. The van der Waals surface area contributed by atoms with Gasteiger partial charge < -0.3 is 4.42 Å². The van der Waals surface area contributed by atoms with Gasteiger partial charge in [0.05, 0.1) is 11.0 Å². The molecule has 11 rings (SSSR count). The lowest BCUT2D eigenvalue weighted by molar-refractivity contribution is 0.669. The number of hydrogen-bond acceptors (Lipinski definition) is 4. The lowest BCUT2D eigenvalue weighted by Gasteiger charge is -2.12. The van der Waals surface area contributed by atoms with E-state index in [0.29, 0.717) is 17.6 Å². The molecule has 3 aromatic heterocycles. The van der Waals surface area contributed by atoms with Gasteiger partial charge in [-0.25, -0.2) is 4.98 Å². The molecule has 56 heavy (non-hydrogen) atoms. The van der Waals surface area contributed by atoms with Crippen LogP contribution in [0.5, 0.6) is 0 Å². The lowest BCUT2D eigenvalue weighted by Crippen LogP contribution is -2.06. The van der Waals surface area contributed by atoms with Crippen LogP contribution in [0.4, 0.5) is 0 Å². The van der Waals surface area contributed by atoms with Gasteiger partial charge >= 0.3 is 0 Å². The van der Waals surface area contributed by atoms with E-state index in [0.717, 1.165) is 88.3 Å². The number of furan rings is 1. The van der Waals surface area contributed by atoms with Crippen molar-refractivity contribution >= 4 is 43.7 Å². The standard InChI is InChI=1S/C51H32N4O/c1-3-13-33(14-4-1)35-25-27-36(28-26-35)49-52-50(39-18-11-17-37(31-39)34-15-5-2-6-16-34)54-51(53-49)55-44-22-9-7-19-41(44)43-32-38(29-30-45(43)55)40-21-12-24-47-48(40)42-20-8-10-23-46(42)56-47/h1-32H. The molecular formula is C51H32N4O. The van der Waals surface area contributed by atoms with Gasteiger partial charge in [0.25, 0.3) is 0 Å². The Morgan fingerprint density at radius 2 is 0.893 bits per heavy atom. The minimum absolute atomic E-state index is 0.559. The molecule has 0 saturated carbocycles. The van der Waals surface area contributed by atoms with Crippen molar-refractivity contribution in [1.82, 2.24) is 19.5 Å². The summed E-state index contributed by atoms with van der Waals surface area (Å²) in [5.74, 6) is 1.77. The molecule has 0 aliphatic carbocycles. The van der Waals surface area contributed by atoms with Crippen LogP contribution in [0, 0.1) is 0 Å². The molecule has 0 bridgehead atoms. The fourth-order valence-electron chi connectivity index (χ4n) is 8.00. The molecule has 0 N–H and O–H groups in total. The van der Waals surface area contributed by atoms with Gasteiger partial charge in [-0.05, 0) is 69.8 Å². The van der Waals surface area contributed by atoms with Crippen molar-refractivity contribution in [2.75, 3.05) is 0 Å². The van der Waals surface area contributed by atoms with Crippen molar-refractivity contribution in [3.05, 3.63) is 194 Å². The summed E-state index contributed by atoms with van der Waals surface area (Å²) >= 11 is 0. The first kappa shape index (κ1) is 31.9. The van der Waals surface area contributed by atoms with E-state index in [1.54, 1.807) is 0 Å². The van der Waals surface area contributed by atoms with E-state index in [-0.39, 0.29) is 0 Å². The molecule has 0 aliphatic rings. The largest absolute Gasteiger partial charge is 0.456 e. The third-order valence-electron chi connectivity index (χ3n) is 10.7. The van der Waals surface area contributed by atoms with Crippen LogP contribution in [-0.2, 0) is 0 Å². The van der Waals surface area contributed by atoms with Gasteiger partial charge in [-0.2, -0.15) is 9.97 Å². The summed E-state index contributed by atoms with van der Waals surface area (Å²) in [6.07, 6.45) is 0. The van der Waals surface area contributed by atoms with Crippen molar-refractivity contribution in [3.63, 3.8) is 0 Å². The van der Waals surface area contributed by atoms with Crippen LogP contribution in [0.3, 0.4) is 0 Å². The SMILES string of the molecule is c1ccc(-c2ccc(-c3nc(-c4cccc(-c5ccccc5)c4)nc(-n4c5ccccc5c5cc(-c6cccc7oc8ccccc8c67)ccc54)n3)cc2)cc1. The van der Waals surface area contributed by atoms with Gasteiger partial charge in [0.15, 0.2) is 11.6 Å². The monoisotopic (exact) mass is 716 g/mol. The van der Waals surface area contributed by atoms with Crippen molar-refractivity contribution in [3.8, 4) is 62.1 Å². The highest BCUT2D eigenvalue weighted by Crippen LogP contribution is 2.40. The quantitative estimate of drug-likeness (QED) is 0.172. The zero-order valence-corrected chi connectivity index (χ0v) is 30.2. The molecule has 8 aromatic carbocycles. The summed E-state index contributed by atoms with van der Waals surface area (Å²) in [6, 6.07) is 67.4. The Balaban J connectivity index is 1.11. The zero-order valence-electron chi connectivity index (χ0n) is 30.2. The molecule has 3 heterocycles. The van der Waals surface area contributed by atoms with Crippen LogP contribution in [0.2, 0.25) is 0 Å². The first-order chi connectivity index (χ1) is 27.7. The number of rotatable bonds is 6. The third kappa shape index (κ3) is 5.37. The predicted octanol–water partition coefficient (Wildman–Crippen LogP) is 13.2. The molecule has 0 aliphatic heterocycles. The number of aromatic nitrogens is 4. The van der Waals surface area contributed by atoms with E-state index in [4.69, 9.17) is 19.4 Å². The highest BCUT2D eigenvalue weighted by molar-refractivity contribution is 6.15.